The summed E-state index contributed by atoms with van der Waals surface area (Å²) in [6, 6.07) is 0. The minimum Gasteiger partial charge on any atom is -0.462 e. The Morgan fingerprint density at radius 1 is 0.388 bits per heavy atom. The average molecular weight is 689 g/mol. The monoisotopic (exact) mass is 689 g/mol. The van der Waals surface area contributed by atoms with Crippen LogP contribution in [0.1, 0.15) is 201 Å². The lowest BCUT2D eigenvalue weighted by atomic mass is 10.1. The highest BCUT2D eigenvalue weighted by Crippen LogP contribution is 2.12. The van der Waals surface area contributed by atoms with Crippen LogP contribution in [-0.4, -0.2) is 37.2 Å². The largest absolute Gasteiger partial charge is 0.462 e. The maximum atomic E-state index is 12.6. The third-order valence-corrected chi connectivity index (χ3v) is 8.59. The van der Waals surface area contributed by atoms with E-state index in [1.807, 2.05) is 0 Å². The summed E-state index contributed by atoms with van der Waals surface area (Å²) in [7, 11) is 0. The van der Waals surface area contributed by atoms with Gasteiger partial charge < -0.3 is 14.2 Å². The molecule has 0 saturated carbocycles. The molecule has 0 bridgehead atoms. The zero-order valence-corrected chi connectivity index (χ0v) is 32.2. The number of carbonyl (C=O) groups excluding carboxylic acids is 3. The summed E-state index contributed by atoms with van der Waals surface area (Å²) in [6.45, 7) is 6.46. The van der Waals surface area contributed by atoms with Crippen LogP contribution in [0.3, 0.4) is 0 Å². The van der Waals surface area contributed by atoms with Crippen molar-refractivity contribution in [1.29, 1.82) is 0 Å². The van der Waals surface area contributed by atoms with Crippen molar-refractivity contribution in [2.45, 2.75) is 207 Å². The number of rotatable bonds is 36. The van der Waals surface area contributed by atoms with Gasteiger partial charge in [-0.3, -0.25) is 14.4 Å². The molecule has 284 valence electrons. The number of unbranched alkanes of at least 4 members (excludes halogenated alkanes) is 19. The van der Waals surface area contributed by atoms with E-state index in [9.17, 15) is 14.4 Å². The van der Waals surface area contributed by atoms with Gasteiger partial charge in [-0.1, -0.05) is 141 Å². The lowest BCUT2D eigenvalue weighted by Gasteiger charge is -2.18. The number of carbonyl (C=O) groups is 3. The summed E-state index contributed by atoms with van der Waals surface area (Å²) in [5.74, 6) is -0.950. The Hall–Kier alpha value is -2.37. The Balaban J connectivity index is 4.43. The van der Waals surface area contributed by atoms with Crippen LogP contribution in [0.15, 0.2) is 36.5 Å². The van der Waals surface area contributed by atoms with Crippen LogP contribution in [0.5, 0.6) is 0 Å². The molecule has 6 nitrogen and oxygen atoms in total. The maximum Gasteiger partial charge on any atom is 0.306 e. The first-order valence-electron chi connectivity index (χ1n) is 20.5. The molecule has 0 aromatic carbocycles. The molecule has 6 heteroatoms. The molecule has 0 fully saturated rings. The van der Waals surface area contributed by atoms with Crippen LogP contribution in [0, 0.1) is 0 Å². The lowest BCUT2D eigenvalue weighted by molar-refractivity contribution is -0.167. The second kappa shape index (κ2) is 38.4. The molecule has 0 radical (unpaired) electrons. The smallest absolute Gasteiger partial charge is 0.306 e. The molecule has 0 aliphatic carbocycles. The van der Waals surface area contributed by atoms with Crippen LogP contribution in [-0.2, 0) is 28.6 Å². The molecule has 0 aliphatic heterocycles. The summed E-state index contributed by atoms with van der Waals surface area (Å²) in [4.78, 5) is 37.4. The Labute approximate surface area is 302 Å². The molecule has 49 heavy (non-hydrogen) atoms. The summed E-state index contributed by atoms with van der Waals surface area (Å²) < 4.78 is 16.6. The van der Waals surface area contributed by atoms with Crippen LogP contribution >= 0.6 is 0 Å². The lowest BCUT2D eigenvalue weighted by Crippen LogP contribution is -2.30. The minimum atomic E-state index is -0.784. The highest BCUT2D eigenvalue weighted by Gasteiger charge is 2.19. The van der Waals surface area contributed by atoms with Gasteiger partial charge in [-0.25, -0.2) is 0 Å². The summed E-state index contributed by atoms with van der Waals surface area (Å²) >= 11 is 0. The second-order valence-corrected chi connectivity index (χ2v) is 13.5. The number of hydrogen-bond donors (Lipinski definition) is 0. The number of ether oxygens (including phenoxy) is 3. The number of hydrogen-bond acceptors (Lipinski definition) is 6. The van der Waals surface area contributed by atoms with E-state index in [2.05, 4.69) is 57.2 Å². The van der Waals surface area contributed by atoms with Gasteiger partial charge in [0, 0.05) is 19.3 Å². The van der Waals surface area contributed by atoms with Gasteiger partial charge in [0.1, 0.15) is 13.2 Å². The van der Waals surface area contributed by atoms with Gasteiger partial charge in [-0.05, 0) is 77.0 Å². The van der Waals surface area contributed by atoms with E-state index in [4.69, 9.17) is 14.2 Å². The third kappa shape index (κ3) is 36.7. The van der Waals surface area contributed by atoms with Crippen molar-refractivity contribution < 1.29 is 28.6 Å². The van der Waals surface area contributed by atoms with Crippen molar-refractivity contribution in [2.75, 3.05) is 13.2 Å². The molecule has 0 aliphatic rings. The molecule has 1 atom stereocenters. The van der Waals surface area contributed by atoms with E-state index in [0.717, 1.165) is 70.6 Å². The fraction of sp³-hybridized carbons (Fsp3) is 0.791. The van der Waals surface area contributed by atoms with Crippen molar-refractivity contribution in [3.05, 3.63) is 36.5 Å². The Morgan fingerprint density at radius 2 is 0.714 bits per heavy atom. The van der Waals surface area contributed by atoms with Crippen molar-refractivity contribution in [3.63, 3.8) is 0 Å². The Kier molecular flexibility index (Phi) is 36.6. The van der Waals surface area contributed by atoms with Crippen LogP contribution in [0.4, 0.5) is 0 Å². The van der Waals surface area contributed by atoms with E-state index < -0.39 is 6.10 Å². The van der Waals surface area contributed by atoms with E-state index in [1.54, 1.807) is 0 Å². The molecular formula is C43H76O6. The first-order chi connectivity index (χ1) is 24.0. The topological polar surface area (TPSA) is 78.9 Å². The molecule has 1 unspecified atom stereocenters. The highest BCUT2D eigenvalue weighted by atomic mass is 16.6. The third-order valence-electron chi connectivity index (χ3n) is 8.59. The molecule has 0 spiro atoms. The van der Waals surface area contributed by atoms with Gasteiger partial charge in [0.25, 0.3) is 0 Å². The average Bonchev–Trinajstić information content (AvgIpc) is 3.10. The Morgan fingerprint density at radius 3 is 1.16 bits per heavy atom. The second-order valence-electron chi connectivity index (χ2n) is 13.5. The summed E-state index contributed by atoms with van der Waals surface area (Å²) in [5, 5.41) is 0. The first-order valence-corrected chi connectivity index (χ1v) is 20.5. The van der Waals surface area contributed by atoms with Crippen LogP contribution in [0.25, 0.3) is 0 Å². The fourth-order valence-electron chi connectivity index (χ4n) is 5.41. The van der Waals surface area contributed by atoms with Gasteiger partial charge in [0.05, 0.1) is 0 Å². The van der Waals surface area contributed by atoms with Crippen molar-refractivity contribution in [2.24, 2.45) is 0 Å². The van der Waals surface area contributed by atoms with Gasteiger partial charge >= 0.3 is 17.9 Å². The predicted molar refractivity (Wildman–Crippen MR) is 206 cm³/mol. The summed E-state index contributed by atoms with van der Waals surface area (Å²) in [5.41, 5.74) is 0. The van der Waals surface area contributed by atoms with Crippen molar-refractivity contribution in [3.8, 4) is 0 Å². The molecule has 0 N–H and O–H groups in total. The van der Waals surface area contributed by atoms with Gasteiger partial charge in [-0.2, -0.15) is 0 Å². The molecule has 0 amide bonds. The maximum absolute atomic E-state index is 12.6. The zero-order valence-electron chi connectivity index (χ0n) is 32.2. The quantitative estimate of drug-likeness (QED) is 0.0282. The Bertz CT molecular complexity index is 845. The zero-order chi connectivity index (χ0) is 35.9. The van der Waals surface area contributed by atoms with E-state index in [1.165, 1.54) is 83.5 Å². The van der Waals surface area contributed by atoms with E-state index >= 15 is 0 Å². The van der Waals surface area contributed by atoms with E-state index in [-0.39, 0.29) is 31.1 Å². The van der Waals surface area contributed by atoms with Gasteiger partial charge in [0.2, 0.25) is 0 Å². The number of esters is 3. The van der Waals surface area contributed by atoms with Gasteiger partial charge in [-0.15, -0.1) is 0 Å². The molecule has 0 saturated heterocycles. The summed E-state index contributed by atoms with van der Waals surface area (Å²) in [6.07, 6.45) is 41.3. The van der Waals surface area contributed by atoms with Crippen molar-refractivity contribution in [1.82, 2.24) is 0 Å². The molecule has 0 aromatic heterocycles. The fourth-order valence-corrected chi connectivity index (χ4v) is 5.41. The molecule has 0 heterocycles. The normalized spacial score (nSPS) is 12.3. The van der Waals surface area contributed by atoms with Gasteiger partial charge in [0.15, 0.2) is 6.10 Å². The minimum absolute atomic E-state index is 0.0885. The number of allylic oxidation sites excluding steroid dienone is 6. The van der Waals surface area contributed by atoms with Crippen LogP contribution < -0.4 is 0 Å². The first kappa shape index (κ1) is 46.6. The van der Waals surface area contributed by atoms with E-state index in [0.29, 0.717) is 25.7 Å². The molecular weight excluding hydrogens is 612 g/mol. The van der Waals surface area contributed by atoms with Crippen LogP contribution in [0.2, 0.25) is 0 Å². The molecule has 0 aromatic rings. The standard InChI is InChI=1S/C43H76O6/c1-4-7-10-13-16-19-21-24-27-30-33-36-42(45)48-39-40(38-47-41(44)35-32-29-26-23-18-15-12-9-6-3)49-43(46)37-34-31-28-25-22-20-17-14-11-8-5-2/h13-14,16-17,23,26,40H,4-12,15,18-22,24-25,27-39H2,1-3H3/b16-13-,17-14-,26-23-. The SMILES string of the molecule is CCCC/C=C\CCCCCCCC(=O)OCC(COC(=O)CCC/C=C\CCCCCC)OC(=O)CCCCCCC/C=C\CCCC. The highest BCUT2D eigenvalue weighted by molar-refractivity contribution is 5.71. The molecule has 0 rings (SSSR count). The predicted octanol–water partition coefficient (Wildman–Crippen LogP) is 12.6. The van der Waals surface area contributed by atoms with Crippen molar-refractivity contribution >= 4 is 17.9 Å².